The van der Waals surface area contributed by atoms with Crippen molar-refractivity contribution in [3.63, 3.8) is 0 Å². The minimum atomic E-state index is -0.0415. The van der Waals surface area contributed by atoms with E-state index in [1.807, 2.05) is 43.5 Å². The van der Waals surface area contributed by atoms with Crippen molar-refractivity contribution < 1.29 is 14.2 Å². The van der Waals surface area contributed by atoms with Crippen LogP contribution in [0.2, 0.25) is 0 Å². The van der Waals surface area contributed by atoms with Crippen LogP contribution in [0, 0.1) is 6.92 Å². The number of hydrogen-bond acceptors (Lipinski definition) is 4. The normalized spacial score (nSPS) is 10.9. The Morgan fingerprint density at radius 3 is 2.61 bits per heavy atom. The maximum absolute atomic E-state index is 12.0. The maximum Gasteiger partial charge on any atom is 0.255 e. The molecule has 1 aromatic carbocycles. The third-order valence-corrected chi connectivity index (χ3v) is 3.32. The fourth-order valence-electron chi connectivity index (χ4n) is 2.14. The molecule has 0 saturated heterocycles. The van der Waals surface area contributed by atoms with Crippen molar-refractivity contribution in [3.05, 3.63) is 64.1 Å². The predicted octanol–water partition coefficient (Wildman–Crippen LogP) is 2.33. The van der Waals surface area contributed by atoms with Crippen LogP contribution in [0.5, 0.6) is 0 Å². The third kappa shape index (κ3) is 5.63. The fraction of sp³-hybridized carbons (Fsp3) is 0.389. The zero-order chi connectivity index (χ0) is 16.5. The highest BCUT2D eigenvalue weighted by molar-refractivity contribution is 5.36. The van der Waals surface area contributed by atoms with Gasteiger partial charge in [0.25, 0.3) is 5.56 Å². The molecule has 1 heterocycles. The van der Waals surface area contributed by atoms with Gasteiger partial charge in [0, 0.05) is 25.1 Å². The Hall–Kier alpha value is -1.95. The van der Waals surface area contributed by atoms with Crippen LogP contribution in [0.25, 0.3) is 5.69 Å². The molecule has 124 valence electrons. The van der Waals surface area contributed by atoms with E-state index in [0.29, 0.717) is 33.0 Å². The lowest BCUT2D eigenvalue weighted by Crippen LogP contribution is -2.16. The average Bonchev–Trinajstić information content (AvgIpc) is 2.56. The SMILES string of the molecule is COCCOCCOCc1cccc(-n2cc(C)ccc2=O)c1. The fourth-order valence-corrected chi connectivity index (χ4v) is 2.14. The van der Waals surface area contributed by atoms with Gasteiger partial charge in [-0.05, 0) is 30.2 Å². The largest absolute Gasteiger partial charge is 0.382 e. The molecule has 5 nitrogen and oxygen atoms in total. The molecule has 0 spiro atoms. The second-order valence-corrected chi connectivity index (χ2v) is 5.24. The molecule has 0 aliphatic heterocycles. The third-order valence-electron chi connectivity index (χ3n) is 3.32. The molecular formula is C18H23NO4. The summed E-state index contributed by atoms with van der Waals surface area (Å²) in [5.74, 6) is 0. The maximum atomic E-state index is 12.0. The Bertz CT molecular complexity index is 666. The Morgan fingerprint density at radius 1 is 1.00 bits per heavy atom. The molecule has 5 heteroatoms. The molecule has 23 heavy (non-hydrogen) atoms. The number of methoxy groups -OCH3 is 1. The van der Waals surface area contributed by atoms with Crippen LogP contribution in [-0.4, -0.2) is 38.1 Å². The predicted molar refractivity (Wildman–Crippen MR) is 89.1 cm³/mol. The monoisotopic (exact) mass is 317 g/mol. The smallest absolute Gasteiger partial charge is 0.255 e. The van der Waals surface area contributed by atoms with E-state index in [9.17, 15) is 4.79 Å². The molecule has 0 unspecified atom stereocenters. The highest BCUT2D eigenvalue weighted by Gasteiger charge is 2.02. The molecule has 0 atom stereocenters. The van der Waals surface area contributed by atoms with Crippen LogP contribution in [0.1, 0.15) is 11.1 Å². The van der Waals surface area contributed by atoms with Crippen LogP contribution < -0.4 is 5.56 Å². The van der Waals surface area contributed by atoms with Crippen LogP contribution in [0.15, 0.2) is 47.4 Å². The quantitative estimate of drug-likeness (QED) is 0.666. The molecule has 0 fully saturated rings. The number of ether oxygens (including phenoxy) is 3. The number of aryl methyl sites for hydroxylation is 1. The van der Waals surface area contributed by atoms with Crippen LogP contribution in [0.3, 0.4) is 0 Å². The number of aromatic nitrogens is 1. The molecule has 0 bridgehead atoms. The number of pyridine rings is 1. The summed E-state index contributed by atoms with van der Waals surface area (Å²) >= 11 is 0. The summed E-state index contributed by atoms with van der Waals surface area (Å²) in [4.78, 5) is 12.0. The topological polar surface area (TPSA) is 49.7 Å². The van der Waals surface area contributed by atoms with Gasteiger partial charge in [-0.3, -0.25) is 9.36 Å². The number of benzene rings is 1. The molecule has 1 aromatic heterocycles. The van der Waals surface area contributed by atoms with E-state index >= 15 is 0 Å². The van der Waals surface area contributed by atoms with E-state index in [0.717, 1.165) is 16.8 Å². The van der Waals surface area contributed by atoms with Gasteiger partial charge < -0.3 is 14.2 Å². The summed E-state index contributed by atoms with van der Waals surface area (Å²) in [5, 5.41) is 0. The minimum absolute atomic E-state index is 0.0415. The number of rotatable bonds is 9. The standard InChI is InChI=1S/C18H23NO4/c1-15-6-7-18(20)19(13-15)17-5-3-4-16(12-17)14-23-11-10-22-9-8-21-2/h3-7,12-13H,8-11,14H2,1-2H3. The summed E-state index contributed by atoms with van der Waals surface area (Å²) in [5.41, 5.74) is 2.86. The summed E-state index contributed by atoms with van der Waals surface area (Å²) in [6.07, 6.45) is 1.84. The van der Waals surface area contributed by atoms with Crippen molar-refractivity contribution in [2.45, 2.75) is 13.5 Å². The van der Waals surface area contributed by atoms with Gasteiger partial charge in [-0.2, -0.15) is 0 Å². The van der Waals surface area contributed by atoms with Crippen molar-refractivity contribution in [3.8, 4) is 5.69 Å². The van der Waals surface area contributed by atoms with E-state index < -0.39 is 0 Å². The van der Waals surface area contributed by atoms with E-state index in [1.54, 1.807) is 17.7 Å². The molecule has 0 aliphatic rings. The first-order chi connectivity index (χ1) is 11.2. The first-order valence-corrected chi connectivity index (χ1v) is 7.64. The van der Waals surface area contributed by atoms with Crippen LogP contribution >= 0.6 is 0 Å². The van der Waals surface area contributed by atoms with Crippen molar-refractivity contribution in [2.75, 3.05) is 33.5 Å². The Kier molecular flexibility index (Phi) is 7.00. The van der Waals surface area contributed by atoms with Crippen molar-refractivity contribution in [1.29, 1.82) is 0 Å². The van der Waals surface area contributed by atoms with E-state index in [4.69, 9.17) is 14.2 Å². The summed E-state index contributed by atoms with van der Waals surface area (Å²) < 4.78 is 17.5. The summed E-state index contributed by atoms with van der Waals surface area (Å²) in [7, 11) is 1.65. The van der Waals surface area contributed by atoms with Crippen LogP contribution in [-0.2, 0) is 20.8 Å². The number of hydrogen-bond donors (Lipinski definition) is 0. The highest BCUT2D eigenvalue weighted by atomic mass is 16.5. The molecule has 2 rings (SSSR count). The zero-order valence-electron chi connectivity index (χ0n) is 13.7. The molecule has 0 aliphatic carbocycles. The number of nitrogens with zero attached hydrogens (tertiary/aromatic N) is 1. The summed E-state index contributed by atoms with van der Waals surface area (Å²) in [6.45, 7) is 4.69. The van der Waals surface area contributed by atoms with E-state index in [1.165, 1.54) is 0 Å². The molecule has 2 aromatic rings. The van der Waals surface area contributed by atoms with Gasteiger partial charge in [0.05, 0.1) is 33.0 Å². The van der Waals surface area contributed by atoms with Gasteiger partial charge in [-0.25, -0.2) is 0 Å². The highest BCUT2D eigenvalue weighted by Crippen LogP contribution is 2.10. The van der Waals surface area contributed by atoms with Gasteiger partial charge in [0.15, 0.2) is 0 Å². The average molecular weight is 317 g/mol. The van der Waals surface area contributed by atoms with E-state index in [-0.39, 0.29) is 5.56 Å². The molecule has 0 radical (unpaired) electrons. The van der Waals surface area contributed by atoms with Gasteiger partial charge in [-0.1, -0.05) is 18.2 Å². The molecule has 0 saturated carbocycles. The lowest BCUT2D eigenvalue weighted by Gasteiger charge is -2.09. The van der Waals surface area contributed by atoms with Crippen molar-refractivity contribution in [1.82, 2.24) is 4.57 Å². The lowest BCUT2D eigenvalue weighted by molar-refractivity contribution is 0.0199. The van der Waals surface area contributed by atoms with Gasteiger partial charge in [0.2, 0.25) is 0 Å². The van der Waals surface area contributed by atoms with Gasteiger partial charge >= 0.3 is 0 Å². The van der Waals surface area contributed by atoms with E-state index in [2.05, 4.69) is 0 Å². The first kappa shape index (κ1) is 17.4. The second-order valence-electron chi connectivity index (χ2n) is 5.24. The van der Waals surface area contributed by atoms with Gasteiger partial charge in [0.1, 0.15) is 0 Å². The van der Waals surface area contributed by atoms with Crippen LogP contribution in [0.4, 0.5) is 0 Å². The molecular weight excluding hydrogens is 294 g/mol. The Morgan fingerprint density at radius 2 is 1.78 bits per heavy atom. The van der Waals surface area contributed by atoms with Crippen molar-refractivity contribution in [2.24, 2.45) is 0 Å². The lowest BCUT2D eigenvalue weighted by atomic mass is 10.2. The van der Waals surface area contributed by atoms with Gasteiger partial charge in [-0.15, -0.1) is 0 Å². The Balaban J connectivity index is 1.90. The second kappa shape index (κ2) is 9.25. The molecule has 0 N–H and O–H groups in total. The first-order valence-electron chi connectivity index (χ1n) is 7.64. The minimum Gasteiger partial charge on any atom is -0.382 e. The Labute approximate surface area is 136 Å². The summed E-state index contributed by atoms with van der Waals surface area (Å²) in [6, 6.07) is 11.2. The zero-order valence-corrected chi connectivity index (χ0v) is 13.7. The molecule has 0 amide bonds. The van der Waals surface area contributed by atoms with Crippen molar-refractivity contribution >= 4 is 0 Å².